The van der Waals surface area contributed by atoms with Gasteiger partial charge in [0.2, 0.25) is 0 Å². The molecule has 1 heterocycles. The number of nitrogens with two attached hydrogens (primary N) is 1. The maximum atomic E-state index is 6.71. The van der Waals surface area contributed by atoms with Gasteiger partial charge in [-0.3, -0.25) is 0 Å². The first kappa shape index (κ1) is 18.1. The van der Waals surface area contributed by atoms with E-state index < -0.39 is 16.1 Å². The van der Waals surface area contributed by atoms with E-state index in [1.807, 2.05) is 6.07 Å². The van der Waals surface area contributed by atoms with E-state index >= 15 is 0 Å². The Morgan fingerprint density at radius 1 is 1.08 bits per heavy atom. The van der Waals surface area contributed by atoms with Crippen LogP contribution in [0, 0.1) is 0 Å². The molecule has 3 atom stereocenters. The normalized spacial score (nSPS) is 27.1. The molecular weight excluding hydrogens is 354 g/mol. The van der Waals surface area contributed by atoms with Crippen LogP contribution < -0.4 is 15.2 Å². The maximum Gasteiger partial charge on any atom is 0.166 e. The van der Waals surface area contributed by atoms with E-state index in [2.05, 4.69) is 51.4 Å². The summed E-state index contributed by atoms with van der Waals surface area (Å²) in [5.41, 5.74) is 10.7. The number of methoxy groups -OCH3 is 1. The number of allylic oxidation sites excluding steroid dienone is 2. The van der Waals surface area contributed by atoms with Crippen molar-refractivity contribution in [1.29, 1.82) is 0 Å². The Bertz CT molecular complexity index is 843. The number of ether oxygens (including phenoxy) is 2. The van der Waals surface area contributed by atoms with Gasteiger partial charge in [-0.05, 0) is 28.8 Å². The molecule has 0 saturated heterocycles. The fraction of sp³-hybridized carbons (Fsp3) is 0.524. The highest BCUT2D eigenvalue weighted by atomic mass is 28.3. The van der Waals surface area contributed by atoms with Crippen molar-refractivity contribution in [3.05, 3.63) is 45.3 Å². The number of rotatable bonds is 3. The van der Waals surface area contributed by atoms with E-state index in [1.54, 1.807) is 17.5 Å². The zero-order valence-corrected chi connectivity index (χ0v) is 19.1. The maximum absolute atomic E-state index is 6.71. The Kier molecular flexibility index (Phi) is 3.89. The Hall–Kier alpha value is -1.31. The quantitative estimate of drug-likeness (QED) is 0.784. The molecule has 3 aliphatic rings. The standard InChI is InChI=1S/C21H31NO2Si2/c1-23-15-9-8-12-10-14(22)13-11-16(25(2,3)4)21(26(5,6)7)20-18(13)17(12)19(15)24-20/h8-9,11,14,18,20H,10,22H2,1-7H3/t14-,18+,20-/m1/s1. The average molecular weight is 386 g/mol. The minimum Gasteiger partial charge on any atom is -0.493 e. The number of benzene rings is 1. The van der Waals surface area contributed by atoms with E-state index in [-0.39, 0.29) is 18.1 Å². The van der Waals surface area contributed by atoms with Crippen molar-refractivity contribution >= 4 is 16.1 Å². The van der Waals surface area contributed by atoms with Crippen LogP contribution in [0.3, 0.4) is 0 Å². The summed E-state index contributed by atoms with van der Waals surface area (Å²) in [6.07, 6.45) is 3.50. The zero-order chi connectivity index (χ0) is 19.0. The van der Waals surface area contributed by atoms with Crippen molar-refractivity contribution in [1.82, 2.24) is 0 Å². The van der Waals surface area contributed by atoms with Gasteiger partial charge in [-0.2, -0.15) is 0 Å². The monoisotopic (exact) mass is 385 g/mol. The molecular formula is C21H31NO2Si2. The molecule has 0 radical (unpaired) electrons. The van der Waals surface area contributed by atoms with Gasteiger partial charge in [0.05, 0.1) is 29.2 Å². The third-order valence-corrected chi connectivity index (χ3v) is 10.5. The third kappa shape index (κ3) is 2.47. The van der Waals surface area contributed by atoms with Crippen molar-refractivity contribution in [2.75, 3.05) is 7.11 Å². The summed E-state index contributed by atoms with van der Waals surface area (Å²) in [4.78, 5) is 0. The molecule has 0 unspecified atom stereocenters. The van der Waals surface area contributed by atoms with Crippen molar-refractivity contribution < 1.29 is 9.47 Å². The van der Waals surface area contributed by atoms with Crippen molar-refractivity contribution in [3.63, 3.8) is 0 Å². The van der Waals surface area contributed by atoms with Gasteiger partial charge >= 0.3 is 0 Å². The molecule has 0 saturated carbocycles. The highest BCUT2D eigenvalue weighted by molar-refractivity contribution is 6.90. The summed E-state index contributed by atoms with van der Waals surface area (Å²) < 4.78 is 12.4. The Labute approximate surface area is 159 Å². The van der Waals surface area contributed by atoms with Crippen LogP contribution in [0.25, 0.3) is 0 Å². The van der Waals surface area contributed by atoms with Crippen LogP contribution in [0.15, 0.2) is 34.2 Å². The molecule has 2 aliphatic carbocycles. The van der Waals surface area contributed by atoms with Crippen molar-refractivity contribution in [3.8, 4) is 11.5 Å². The van der Waals surface area contributed by atoms with Crippen LogP contribution in [0.4, 0.5) is 0 Å². The topological polar surface area (TPSA) is 44.5 Å². The molecule has 0 amide bonds. The summed E-state index contributed by atoms with van der Waals surface area (Å²) in [5.74, 6) is 2.10. The lowest BCUT2D eigenvalue weighted by Gasteiger charge is -2.42. The highest BCUT2D eigenvalue weighted by Gasteiger charge is 2.51. The molecule has 2 N–H and O–H groups in total. The van der Waals surface area contributed by atoms with Gasteiger partial charge in [-0.25, -0.2) is 0 Å². The van der Waals surface area contributed by atoms with Crippen LogP contribution in [0.2, 0.25) is 39.3 Å². The lowest BCUT2D eigenvalue weighted by atomic mass is 9.73. The molecule has 1 aromatic rings. The molecule has 4 rings (SSSR count). The van der Waals surface area contributed by atoms with Crippen LogP contribution in [-0.2, 0) is 6.42 Å². The van der Waals surface area contributed by atoms with Gasteiger partial charge in [0.25, 0.3) is 0 Å². The average Bonchev–Trinajstić information content (AvgIpc) is 2.91. The first-order valence-electron chi connectivity index (χ1n) is 9.62. The minimum absolute atomic E-state index is 0.0903. The minimum atomic E-state index is -1.56. The van der Waals surface area contributed by atoms with E-state index in [0.29, 0.717) is 0 Å². The molecule has 1 aliphatic heterocycles. The second-order valence-electron chi connectivity index (χ2n) is 9.97. The predicted molar refractivity (Wildman–Crippen MR) is 114 cm³/mol. The molecule has 0 aromatic heterocycles. The molecule has 140 valence electrons. The van der Waals surface area contributed by atoms with Gasteiger partial charge in [0.1, 0.15) is 6.10 Å². The van der Waals surface area contributed by atoms with E-state index in [9.17, 15) is 0 Å². The van der Waals surface area contributed by atoms with E-state index in [0.717, 1.165) is 17.9 Å². The van der Waals surface area contributed by atoms with Crippen molar-refractivity contribution in [2.24, 2.45) is 5.73 Å². The fourth-order valence-electron chi connectivity index (χ4n) is 4.97. The molecule has 5 heteroatoms. The number of hydrogen-bond donors (Lipinski definition) is 1. The Balaban J connectivity index is 2.01. The molecule has 0 fully saturated rings. The second-order valence-corrected chi connectivity index (χ2v) is 20.0. The second kappa shape index (κ2) is 5.60. The van der Waals surface area contributed by atoms with E-state index in [1.165, 1.54) is 16.7 Å². The first-order valence-corrected chi connectivity index (χ1v) is 16.6. The van der Waals surface area contributed by atoms with Gasteiger partial charge in [-0.15, -0.1) is 0 Å². The summed E-state index contributed by atoms with van der Waals surface area (Å²) in [6, 6.07) is 4.32. The summed E-state index contributed by atoms with van der Waals surface area (Å²) >= 11 is 0. The smallest absolute Gasteiger partial charge is 0.166 e. The SMILES string of the molecule is COc1ccc2c3c1O[C@H]1C([Si](C)(C)C)=C([Si](C)(C)C)C=C([C@H](N)C2)[C@@H]31. The third-order valence-electron chi connectivity index (χ3n) is 6.06. The summed E-state index contributed by atoms with van der Waals surface area (Å²) in [7, 11) is -1.34. The van der Waals surface area contributed by atoms with E-state index in [4.69, 9.17) is 15.2 Å². The molecule has 0 bridgehead atoms. The van der Waals surface area contributed by atoms with Crippen LogP contribution in [0.1, 0.15) is 17.0 Å². The van der Waals surface area contributed by atoms with Gasteiger partial charge in [0.15, 0.2) is 11.5 Å². The summed E-state index contributed by atoms with van der Waals surface area (Å²) in [6.45, 7) is 14.7. The van der Waals surface area contributed by atoms with Crippen molar-refractivity contribution in [2.45, 2.75) is 63.8 Å². The van der Waals surface area contributed by atoms with Gasteiger partial charge in [0, 0.05) is 11.6 Å². The van der Waals surface area contributed by atoms with Gasteiger partial charge < -0.3 is 15.2 Å². The van der Waals surface area contributed by atoms with Gasteiger partial charge in [-0.1, -0.05) is 56.6 Å². The zero-order valence-electron chi connectivity index (χ0n) is 17.1. The number of hydrogen-bond acceptors (Lipinski definition) is 3. The molecule has 1 aromatic carbocycles. The molecule has 0 spiro atoms. The Morgan fingerprint density at radius 2 is 1.77 bits per heavy atom. The predicted octanol–water partition coefficient (Wildman–Crippen LogP) is 4.41. The fourth-order valence-corrected chi connectivity index (χ4v) is 10.7. The molecule has 3 nitrogen and oxygen atoms in total. The van der Waals surface area contributed by atoms with Crippen LogP contribution in [-0.4, -0.2) is 35.4 Å². The lowest BCUT2D eigenvalue weighted by molar-refractivity contribution is 0.244. The lowest BCUT2D eigenvalue weighted by Crippen LogP contribution is -2.47. The van der Waals surface area contributed by atoms with Crippen LogP contribution >= 0.6 is 0 Å². The largest absolute Gasteiger partial charge is 0.493 e. The molecule has 26 heavy (non-hydrogen) atoms. The van der Waals surface area contributed by atoms with Crippen LogP contribution in [0.5, 0.6) is 11.5 Å². The first-order chi connectivity index (χ1) is 12.0. The Morgan fingerprint density at radius 3 is 2.35 bits per heavy atom. The summed E-state index contributed by atoms with van der Waals surface area (Å²) in [5, 5.41) is 3.18. The highest BCUT2D eigenvalue weighted by Crippen LogP contribution is 2.57.